The minimum atomic E-state index is -3.72. The number of hydrogen-bond donors (Lipinski definition) is 2. The van der Waals surface area contributed by atoms with Crippen molar-refractivity contribution in [1.82, 2.24) is 10.0 Å². The first-order valence-electron chi connectivity index (χ1n) is 9.83. The molecule has 172 valence electrons. The Balaban J connectivity index is 1.70. The van der Waals surface area contributed by atoms with Gasteiger partial charge >= 0.3 is 6.09 Å². The minimum absolute atomic E-state index is 0.112. The molecule has 31 heavy (non-hydrogen) atoms. The SMILES string of the molecule is CC(=O)NC[C@H]1CN(c2ccc(N3CCC(F)(NS(C)(=O)=O)CC3C)c(F)c2)C(=O)O1. The molecule has 3 atom stereocenters. The van der Waals surface area contributed by atoms with Crippen molar-refractivity contribution < 1.29 is 31.5 Å². The number of halogens is 2. The van der Waals surface area contributed by atoms with Gasteiger partial charge in [-0.2, -0.15) is 4.72 Å². The molecule has 0 bridgehead atoms. The lowest BCUT2D eigenvalue weighted by Gasteiger charge is -2.42. The molecule has 0 radical (unpaired) electrons. The number of piperidine rings is 1. The quantitative estimate of drug-likeness (QED) is 0.623. The molecule has 9 nitrogen and oxygen atoms in total. The number of carbonyl (C=O) groups excluding carboxylic acids is 2. The number of hydrogen-bond acceptors (Lipinski definition) is 6. The second kappa shape index (κ2) is 8.58. The molecule has 2 heterocycles. The van der Waals surface area contributed by atoms with Gasteiger partial charge in [0, 0.05) is 32.4 Å². The lowest BCUT2D eigenvalue weighted by Crippen LogP contribution is -2.55. The van der Waals surface area contributed by atoms with E-state index in [0.717, 1.165) is 6.26 Å². The molecule has 2 unspecified atom stereocenters. The normalized spacial score (nSPS) is 26.7. The zero-order chi connectivity index (χ0) is 23.0. The molecule has 2 aliphatic rings. The second-order valence-electron chi connectivity index (χ2n) is 8.03. The van der Waals surface area contributed by atoms with Gasteiger partial charge < -0.3 is 15.0 Å². The summed E-state index contributed by atoms with van der Waals surface area (Å²) in [6, 6.07) is 3.81. The van der Waals surface area contributed by atoms with Crippen LogP contribution in [-0.4, -0.2) is 64.2 Å². The monoisotopic (exact) mass is 460 g/mol. The maximum atomic E-state index is 14.9. The maximum Gasteiger partial charge on any atom is 0.414 e. The summed E-state index contributed by atoms with van der Waals surface area (Å²) in [6.07, 6.45) is -0.544. The first-order valence-corrected chi connectivity index (χ1v) is 11.7. The number of benzene rings is 1. The smallest absolute Gasteiger partial charge is 0.414 e. The van der Waals surface area contributed by atoms with Crippen molar-refractivity contribution in [2.75, 3.05) is 35.7 Å². The van der Waals surface area contributed by atoms with Gasteiger partial charge in [-0.15, -0.1) is 0 Å². The Hall–Kier alpha value is -2.47. The van der Waals surface area contributed by atoms with E-state index in [1.807, 2.05) is 4.72 Å². The summed E-state index contributed by atoms with van der Waals surface area (Å²) in [6.45, 7) is 3.49. The van der Waals surface area contributed by atoms with Gasteiger partial charge in [0.05, 0.1) is 30.7 Å². The van der Waals surface area contributed by atoms with Gasteiger partial charge in [0.2, 0.25) is 15.9 Å². The van der Waals surface area contributed by atoms with E-state index in [2.05, 4.69) is 5.32 Å². The molecule has 2 N–H and O–H groups in total. The zero-order valence-electron chi connectivity index (χ0n) is 17.5. The second-order valence-corrected chi connectivity index (χ2v) is 9.77. The number of ether oxygens (including phenoxy) is 1. The molecular weight excluding hydrogens is 434 g/mol. The van der Waals surface area contributed by atoms with Crippen molar-refractivity contribution in [3.8, 4) is 0 Å². The third-order valence-corrected chi connectivity index (χ3v) is 6.01. The van der Waals surface area contributed by atoms with Gasteiger partial charge in [-0.25, -0.2) is 22.0 Å². The molecule has 12 heteroatoms. The molecule has 1 aromatic carbocycles. The number of cyclic esters (lactones) is 1. The summed E-state index contributed by atoms with van der Waals surface area (Å²) in [5, 5.41) is 2.57. The lowest BCUT2D eigenvalue weighted by molar-refractivity contribution is -0.119. The highest BCUT2D eigenvalue weighted by atomic mass is 32.2. The average Bonchev–Trinajstić information content (AvgIpc) is 2.99. The molecule has 0 saturated carbocycles. The number of carbonyl (C=O) groups is 2. The highest BCUT2D eigenvalue weighted by Gasteiger charge is 2.41. The van der Waals surface area contributed by atoms with E-state index >= 15 is 0 Å². The van der Waals surface area contributed by atoms with Crippen LogP contribution in [0, 0.1) is 5.82 Å². The van der Waals surface area contributed by atoms with Crippen LogP contribution >= 0.6 is 0 Å². The molecule has 2 amide bonds. The van der Waals surface area contributed by atoms with Crippen LogP contribution in [0.15, 0.2) is 18.2 Å². The molecule has 2 saturated heterocycles. The third kappa shape index (κ3) is 5.62. The largest absolute Gasteiger partial charge is 0.442 e. The summed E-state index contributed by atoms with van der Waals surface area (Å²) in [5.41, 5.74) is 0.542. The Kier molecular flexibility index (Phi) is 6.42. The van der Waals surface area contributed by atoms with Crippen LogP contribution in [0.3, 0.4) is 0 Å². The van der Waals surface area contributed by atoms with Crippen LogP contribution in [0.2, 0.25) is 0 Å². The van der Waals surface area contributed by atoms with E-state index < -0.39 is 39.9 Å². The molecule has 3 rings (SSSR count). The van der Waals surface area contributed by atoms with Gasteiger partial charge in [0.25, 0.3) is 0 Å². The molecule has 2 fully saturated rings. The van der Waals surface area contributed by atoms with Crippen molar-refractivity contribution in [2.24, 2.45) is 0 Å². The fourth-order valence-electron chi connectivity index (χ4n) is 3.97. The van der Waals surface area contributed by atoms with E-state index in [0.29, 0.717) is 5.69 Å². The average molecular weight is 461 g/mol. The van der Waals surface area contributed by atoms with Crippen LogP contribution in [-0.2, 0) is 19.6 Å². The summed E-state index contributed by atoms with van der Waals surface area (Å²) in [4.78, 5) is 26.1. The first kappa shape index (κ1) is 23.2. The maximum absolute atomic E-state index is 14.9. The lowest BCUT2D eigenvalue weighted by atomic mass is 9.96. The number of alkyl halides is 1. The number of rotatable bonds is 6. The van der Waals surface area contributed by atoms with E-state index in [-0.39, 0.29) is 44.1 Å². The molecule has 0 aliphatic carbocycles. The van der Waals surface area contributed by atoms with Crippen LogP contribution in [0.1, 0.15) is 26.7 Å². The van der Waals surface area contributed by atoms with Crippen molar-refractivity contribution in [1.29, 1.82) is 0 Å². The Labute approximate surface area is 179 Å². The van der Waals surface area contributed by atoms with Crippen LogP contribution in [0.5, 0.6) is 0 Å². The van der Waals surface area contributed by atoms with Gasteiger partial charge in [-0.3, -0.25) is 9.69 Å². The van der Waals surface area contributed by atoms with Gasteiger partial charge in [0.15, 0.2) is 5.79 Å². The molecular formula is C19H26F2N4O5S. The number of nitrogens with zero attached hydrogens (tertiary/aromatic N) is 2. The molecule has 0 aromatic heterocycles. The highest BCUT2D eigenvalue weighted by Crippen LogP contribution is 2.35. The van der Waals surface area contributed by atoms with Crippen LogP contribution in [0.25, 0.3) is 0 Å². The first-order chi connectivity index (χ1) is 14.4. The van der Waals surface area contributed by atoms with Crippen LogP contribution < -0.4 is 19.8 Å². The predicted molar refractivity (Wildman–Crippen MR) is 111 cm³/mol. The Morgan fingerprint density at radius 1 is 1.39 bits per heavy atom. The number of sulfonamides is 1. The van der Waals surface area contributed by atoms with E-state index in [1.165, 1.54) is 24.0 Å². The summed E-state index contributed by atoms with van der Waals surface area (Å²) in [5.74, 6) is -2.92. The van der Waals surface area contributed by atoms with E-state index in [4.69, 9.17) is 4.74 Å². The summed E-state index contributed by atoms with van der Waals surface area (Å²) < 4.78 is 59.8. The highest BCUT2D eigenvalue weighted by molar-refractivity contribution is 7.88. The zero-order valence-corrected chi connectivity index (χ0v) is 18.3. The molecule has 0 spiro atoms. The van der Waals surface area contributed by atoms with Crippen molar-refractivity contribution >= 4 is 33.4 Å². The number of anilines is 2. The fraction of sp³-hybridized carbons (Fsp3) is 0.579. The molecule has 1 aromatic rings. The third-order valence-electron chi connectivity index (χ3n) is 5.27. The standard InChI is InChI=1S/C19H26F2N4O5S/c1-12-9-19(21,23-31(3,28)29)6-7-24(12)17-5-4-14(8-16(17)20)25-11-15(30-18(25)27)10-22-13(2)26/h4-5,8,12,15,23H,6-7,9-11H2,1-3H3,(H,22,26)/t12?,15-,19?/m0/s1. The topological polar surface area (TPSA) is 108 Å². The fourth-order valence-corrected chi connectivity index (χ4v) is 4.82. The van der Waals surface area contributed by atoms with Crippen molar-refractivity contribution in [3.63, 3.8) is 0 Å². The molecule has 2 aliphatic heterocycles. The Morgan fingerprint density at radius 2 is 2.10 bits per heavy atom. The van der Waals surface area contributed by atoms with Gasteiger partial charge in [-0.1, -0.05) is 0 Å². The van der Waals surface area contributed by atoms with E-state index in [9.17, 15) is 26.8 Å². The van der Waals surface area contributed by atoms with E-state index in [1.54, 1.807) is 17.9 Å². The number of amides is 2. The van der Waals surface area contributed by atoms with Gasteiger partial charge in [-0.05, 0) is 25.1 Å². The van der Waals surface area contributed by atoms with Crippen LogP contribution in [0.4, 0.5) is 25.0 Å². The van der Waals surface area contributed by atoms with Gasteiger partial charge in [0.1, 0.15) is 11.9 Å². The predicted octanol–water partition coefficient (Wildman–Crippen LogP) is 1.49. The minimum Gasteiger partial charge on any atom is -0.442 e. The Bertz CT molecular complexity index is 976. The number of nitrogens with one attached hydrogen (secondary N) is 2. The van der Waals surface area contributed by atoms with Crippen molar-refractivity contribution in [2.45, 2.75) is 44.6 Å². The Morgan fingerprint density at radius 3 is 2.68 bits per heavy atom. The summed E-state index contributed by atoms with van der Waals surface area (Å²) in [7, 11) is -3.72. The van der Waals surface area contributed by atoms with Crippen molar-refractivity contribution in [3.05, 3.63) is 24.0 Å². The summed E-state index contributed by atoms with van der Waals surface area (Å²) >= 11 is 0.